The fraction of sp³-hybridized carbons (Fsp3) is 0.0526. The third-order valence-corrected chi connectivity index (χ3v) is 4.46. The van der Waals surface area contributed by atoms with Crippen molar-refractivity contribution in [2.75, 3.05) is 7.11 Å². The molecule has 0 atom stereocenters. The van der Waals surface area contributed by atoms with Crippen LogP contribution in [-0.4, -0.2) is 17.1 Å². The van der Waals surface area contributed by atoms with Crippen LogP contribution in [0.15, 0.2) is 54.6 Å². The maximum atomic E-state index is 5.35. The van der Waals surface area contributed by atoms with Gasteiger partial charge in [0.25, 0.3) is 0 Å². The van der Waals surface area contributed by atoms with Crippen molar-refractivity contribution in [3.63, 3.8) is 0 Å². The Hall–Kier alpha value is -2.94. The van der Waals surface area contributed by atoms with E-state index in [1.165, 1.54) is 27.1 Å². The summed E-state index contributed by atoms with van der Waals surface area (Å²) in [5.41, 5.74) is 4.61. The highest BCUT2D eigenvalue weighted by Gasteiger charge is 2.11. The van der Waals surface area contributed by atoms with Gasteiger partial charge in [-0.25, -0.2) is 0 Å². The number of methoxy groups -OCH3 is 1. The Bertz CT molecular complexity index is 1160. The number of benzene rings is 3. The molecule has 2 aromatic heterocycles. The molecule has 0 amide bonds. The maximum Gasteiger partial charge on any atom is 0.119 e. The van der Waals surface area contributed by atoms with E-state index in [0.29, 0.717) is 0 Å². The van der Waals surface area contributed by atoms with Gasteiger partial charge in [0, 0.05) is 32.6 Å². The molecule has 0 bridgehead atoms. The van der Waals surface area contributed by atoms with E-state index in [-0.39, 0.29) is 0 Å². The second-order valence-electron chi connectivity index (χ2n) is 5.62. The molecule has 0 aliphatic heterocycles. The van der Waals surface area contributed by atoms with Gasteiger partial charge in [0.2, 0.25) is 0 Å². The number of hydrogen-bond donors (Lipinski definition) is 2. The molecule has 22 heavy (non-hydrogen) atoms. The van der Waals surface area contributed by atoms with Gasteiger partial charge in [-0.1, -0.05) is 30.3 Å². The Morgan fingerprint density at radius 2 is 1.36 bits per heavy atom. The lowest BCUT2D eigenvalue weighted by atomic mass is 10.1. The minimum absolute atomic E-state index is 0.880. The maximum absolute atomic E-state index is 5.35. The molecule has 5 aromatic rings. The topological polar surface area (TPSA) is 40.8 Å². The van der Waals surface area contributed by atoms with Gasteiger partial charge < -0.3 is 14.7 Å². The summed E-state index contributed by atoms with van der Waals surface area (Å²) in [5.74, 6) is 0.880. The van der Waals surface area contributed by atoms with Crippen molar-refractivity contribution in [3.05, 3.63) is 54.6 Å². The highest BCUT2D eigenvalue weighted by atomic mass is 16.5. The van der Waals surface area contributed by atoms with Gasteiger partial charge in [0.05, 0.1) is 18.1 Å². The van der Waals surface area contributed by atoms with E-state index in [9.17, 15) is 0 Å². The molecule has 3 heteroatoms. The second-order valence-corrected chi connectivity index (χ2v) is 5.62. The van der Waals surface area contributed by atoms with Crippen molar-refractivity contribution >= 4 is 43.6 Å². The summed E-state index contributed by atoms with van der Waals surface area (Å²) in [4.78, 5) is 7.09. The molecule has 5 rings (SSSR count). The average molecular weight is 286 g/mol. The van der Waals surface area contributed by atoms with Crippen LogP contribution in [0.4, 0.5) is 0 Å². The summed E-state index contributed by atoms with van der Waals surface area (Å²) in [5, 5.41) is 4.92. The molecule has 3 aromatic carbocycles. The van der Waals surface area contributed by atoms with Crippen LogP contribution < -0.4 is 4.74 Å². The Labute approximate surface area is 126 Å². The van der Waals surface area contributed by atoms with Crippen molar-refractivity contribution < 1.29 is 4.74 Å². The van der Waals surface area contributed by atoms with Gasteiger partial charge in [0.1, 0.15) is 5.75 Å². The fourth-order valence-corrected chi connectivity index (χ4v) is 3.39. The highest BCUT2D eigenvalue weighted by Crippen LogP contribution is 2.35. The van der Waals surface area contributed by atoms with Crippen LogP contribution in [-0.2, 0) is 0 Å². The lowest BCUT2D eigenvalue weighted by Crippen LogP contribution is -1.80. The first kappa shape index (κ1) is 11.7. The van der Waals surface area contributed by atoms with Crippen LogP contribution in [0.5, 0.6) is 5.75 Å². The van der Waals surface area contributed by atoms with Crippen LogP contribution in [0.1, 0.15) is 0 Å². The molecule has 2 N–H and O–H groups in total. The van der Waals surface area contributed by atoms with Crippen LogP contribution in [0.2, 0.25) is 0 Å². The minimum Gasteiger partial charge on any atom is -0.497 e. The highest BCUT2D eigenvalue weighted by molar-refractivity contribution is 6.21. The van der Waals surface area contributed by atoms with Crippen LogP contribution >= 0.6 is 0 Å². The molecule has 0 saturated heterocycles. The third-order valence-electron chi connectivity index (χ3n) is 4.46. The minimum atomic E-state index is 0.880. The predicted molar refractivity (Wildman–Crippen MR) is 91.7 cm³/mol. The van der Waals surface area contributed by atoms with E-state index >= 15 is 0 Å². The zero-order valence-corrected chi connectivity index (χ0v) is 12.1. The summed E-state index contributed by atoms with van der Waals surface area (Å²) in [6.07, 6.45) is 0. The van der Waals surface area contributed by atoms with E-state index < -0.39 is 0 Å². The molecule has 0 radical (unpaired) electrons. The largest absolute Gasteiger partial charge is 0.497 e. The first-order chi connectivity index (χ1) is 10.8. The van der Waals surface area contributed by atoms with Crippen molar-refractivity contribution in [2.45, 2.75) is 0 Å². The average Bonchev–Trinajstić information content (AvgIpc) is 3.12. The fourth-order valence-electron chi connectivity index (χ4n) is 3.39. The number of fused-ring (bicyclic) bond motifs is 7. The summed E-state index contributed by atoms with van der Waals surface area (Å²) in [6, 6.07) is 18.9. The van der Waals surface area contributed by atoms with Gasteiger partial charge in [-0.2, -0.15) is 0 Å². The van der Waals surface area contributed by atoms with Crippen LogP contribution in [0.25, 0.3) is 43.6 Å². The van der Waals surface area contributed by atoms with E-state index in [2.05, 4.69) is 58.5 Å². The molecule has 106 valence electrons. The Morgan fingerprint density at radius 3 is 2.14 bits per heavy atom. The Balaban J connectivity index is 1.99. The number of nitrogens with one attached hydrogen (secondary N) is 2. The van der Waals surface area contributed by atoms with Crippen LogP contribution in [0, 0.1) is 0 Å². The van der Waals surface area contributed by atoms with Gasteiger partial charge in [-0.3, -0.25) is 0 Å². The van der Waals surface area contributed by atoms with Crippen molar-refractivity contribution in [1.29, 1.82) is 0 Å². The second kappa shape index (κ2) is 4.04. The van der Waals surface area contributed by atoms with Gasteiger partial charge in [0.15, 0.2) is 0 Å². The number of ether oxygens (including phenoxy) is 1. The molecular formula is C19H14N2O. The third kappa shape index (κ3) is 1.40. The lowest BCUT2D eigenvalue weighted by molar-refractivity contribution is 0.415. The summed E-state index contributed by atoms with van der Waals surface area (Å²) in [7, 11) is 1.70. The molecular weight excluding hydrogens is 272 g/mol. The van der Waals surface area contributed by atoms with E-state index in [4.69, 9.17) is 4.74 Å². The molecule has 0 spiro atoms. The number of aromatic nitrogens is 2. The monoisotopic (exact) mass is 286 g/mol. The van der Waals surface area contributed by atoms with Crippen molar-refractivity contribution in [3.8, 4) is 5.75 Å². The molecule has 0 unspecified atom stereocenters. The molecule has 3 nitrogen and oxygen atoms in total. The molecule has 0 fully saturated rings. The number of H-pyrrole nitrogens is 2. The zero-order valence-electron chi connectivity index (χ0n) is 12.1. The molecule has 2 heterocycles. The first-order valence-electron chi connectivity index (χ1n) is 7.34. The number of para-hydroxylation sites is 1. The van der Waals surface area contributed by atoms with E-state index in [1.54, 1.807) is 7.11 Å². The van der Waals surface area contributed by atoms with E-state index in [1.807, 2.05) is 6.07 Å². The SMILES string of the molecule is COc1ccc2[nH]c3c(ccc4c5ccccc5[nH]c43)c2c1. The molecule has 0 aliphatic rings. The quantitative estimate of drug-likeness (QED) is 0.449. The normalized spacial score (nSPS) is 11.9. The first-order valence-corrected chi connectivity index (χ1v) is 7.34. The van der Waals surface area contributed by atoms with Gasteiger partial charge in [-0.15, -0.1) is 0 Å². The number of rotatable bonds is 1. The number of hydrogen-bond acceptors (Lipinski definition) is 1. The standard InChI is InChI=1S/C19H14N2O/c1-22-11-6-9-17-15(10-11)14-8-7-13-12-4-2-3-5-16(12)20-18(13)19(14)21-17/h2-10,20-21H,1H3. The van der Waals surface area contributed by atoms with Gasteiger partial charge >= 0.3 is 0 Å². The van der Waals surface area contributed by atoms with Crippen LogP contribution in [0.3, 0.4) is 0 Å². The summed E-state index contributed by atoms with van der Waals surface area (Å²) < 4.78 is 5.35. The lowest BCUT2D eigenvalue weighted by Gasteiger charge is -1.98. The predicted octanol–water partition coefficient (Wildman–Crippen LogP) is 4.96. The zero-order chi connectivity index (χ0) is 14.7. The molecule has 0 aliphatic carbocycles. The van der Waals surface area contributed by atoms with Gasteiger partial charge in [-0.05, 0) is 24.3 Å². The Morgan fingerprint density at radius 1 is 0.682 bits per heavy atom. The van der Waals surface area contributed by atoms with E-state index in [0.717, 1.165) is 22.3 Å². The summed E-state index contributed by atoms with van der Waals surface area (Å²) >= 11 is 0. The van der Waals surface area contributed by atoms with Crippen molar-refractivity contribution in [2.24, 2.45) is 0 Å². The van der Waals surface area contributed by atoms with Crippen molar-refractivity contribution in [1.82, 2.24) is 9.97 Å². The summed E-state index contributed by atoms with van der Waals surface area (Å²) in [6.45, 7) is 0. The number of aromatic amines is 2. The molecule has 0 saturated carbocycles. The Kier molecular flexibility index (Phi) is 2.15. The smallest absolute Gasteiger partial charge is 0.119 e.